The quantitative estimate of drug-likeness (QED) is 0.810. The van der Waals surface area contributed by atoms with Gasteiger partial charge in [-0.15, -0.1) is 0 Å². The summed E-state index contributed by atoms with van der Waals surface area (Å²) < 4.78 is 0. The molecule has 4 heteroatoms. The van der Waals surface area contributed by atoms with E-state index in [4.69, 9.17) is 0 Å². The fourth-order valence-corrected chi connectivity index (χ4v) is 2.31. The molecular weight excluding hydrogens is 224 g/mol. The summed E-state index contributed by atoms with van der Waals surface area (Å²) >= 11 is 0. The SMILES string of the molecule is CCCNCc1cnc(N2CC(C)C(C)C2)cn1. The molecule has 1 aromatic heterocycles. The van der Waals surface area contributed by atoms with E-state index in [9.17, 15) is 0 Å². The van der Waals surface area contributed by atoms with Crippen LogP contribution in [0.3, 0.4) is 0 Å². The maximum Gasteiger partial charge on any atom is 0.147 e. The average molecular weight is 248 g/mol. The Morgan fingerprint density at radius 2 is 1.94 bits per heavy atom. The number of anilines is 1. The lowest BCUT2D eigenvalue weighted by Crippen LogP contribution is -2.21. The molecule has 18 heavy (non-hydrogen) atoms. The van der Waals surface area contributed by atoms with Crippen LogP contribution in [0.5, 0.6) is 0 Å². The first-order chi connectivity index (χ1) is 8.70. The number of hydrogen-bond acceptors (Lipinski definition) is 4. The summed E-state index contributed by atoms with van der Waals surface area (Å²) in [4.78, 5) is 11.3. The Balaban J connectivity index is 1.91. The van der Waals surface area contributed by atoms with E-state index >= 15 is 0 Å². The molecule has 100 valence electrons. The smallest absolute Gasteiger partial charge is 0.147 e. The van der Waals surface area contributed by atoms with Crippen molar-refractivity contribution >= 4 is 5.82 Å². The van der Waals surface area contributed by atoms with Gasteiger partial charge in [0.2, 0.25) is 0 Å². The van der Waals surface area contributed by atoms with E-state index in [1.807, 2.05) is 12.4 Å². The Hall–Kier alpha value is -1.16. The molecule has 1 aromatic rings. The van der Waals surface area contributed by atoms with Gasteiger partial charge in [0.1, 0.15) is 5.82 Å². The molecule has 1 aliphatic rings. The molecule has 2 unspecified atom stereocenters. The topological polar surface area (TPSA) is 41.1 Å². The predicted octanol–water partition coefficient (Wildman–Crippen LogP) is 2.07. The second kappa shape index (κ2) is 6.14. The van der Waals surface area contributed by atoms with Crippen LogP contribution in [-0.4, -0.2) is 29.6 Å². The highest BCUT2D eigenvalue weighted by molar-refractivity contribution is 5.37. The number of aromatic nitrogens is 2. The van der Waals surface area contributed by atoms with E-state index in [1.165, 1.54) is 0 Å². The second-order valence-electron chi connectivity index (χ2n) is 5.40. The van der Waals surface area contributed by atoms with Gasteiger partial charge in [0.05, 0.1) is 18.1 Å². The third kappa shape index (κ3) is 3.19. The van der Waals surface area contributed by atoms with Crippen molar-refractivity contribution in [3.8, 4) is 0 Å². The van der Waals surface area contributed by atoms with Crippen molar-refractivity contribution in [2.75, 3.05) is 24.5 Å². The van der Waals surface area contributed by atoms with Gasteiger partial charge < -0.3 is 10.2 Å². The molecule has 4 nitrogen and oxygen atoms in total. The second-order valence-corrected chi connectivity index (χ2v) is 5.40. The summed E-state index contributed by atoms with van der Waals surface area (Å²) in [5, 5.41) is 3.34. The number of nitrogens with zero attached hydrogens (tertiary/aromatic N) is 3. The molecule has 0 amide bonds. The van der Waals surface area contributed by atoms with Gasteiger partial charge in [-0.25, -0.2) is 4.98 Å². The highest BCUT2D eigenvalue weighted by Gasteiger charge is 2.26. The summed E-state index contributed by atoms with van der Waals surface area (Å²) in [5.74, 6) is 2.51. The molecule has 0 radical (unpaired) electrons. The summed E-state index contributed by atoms with van der Waals surface area (Å²) in [6.45, 7) is 10.8. The third-order valence-corrected chi connectivity index (χ3v) is 3.74. The molecule has 0 aliphatic carbocycles. The van der Waals surface area contributed by atoms with E-state index in [0.29, 0.717) is 0 Å². The summed E-state index contributed by atoms with van der Waals surface area (Å²) in [7, 11) is 0. The first-order valence-electron chi connectivity index (χ1n) is 6.97. The zero-order valence-corrected chi connectivity index (χ0v) is 11.7. The van der Waals surface area contributed by atoms with Crippen LogP contribution in [0, 0.1) is 11.8 Å². The van der Waals surface area contributed by atoms with Gasteiger partial charge in [0.15, 0.2) is 0 Å². The highest BCUT2D eigenvalue weighted by atomic mass is 15.2. The van der Waals surface area contributed by atoms with Gasteiger partial charge in [0, 0.05) is 19.6 Å². The van der Waals surface area contributed by atoms with Crippen molar-refractivity contribution < 1.29 is 0 Å². The Morgan fingerprint density at radius 1 is 1.22 bits per heavy atom. The summed E-state index contributed by atoms with van der Waals surface area (Å²) in [5.41, 5.74) is 1.02. The fourth-order valence-electron chi connectivity index (χ4n) is 2.31. The number of hydrogen-bond donors (Lipinski definition) is 1. The van der Waals surface area contributed by atoms with Crippen molar-refractivity contribution in [2.45, 2.75) is 33.7 Å². The Labute approximate surface area is 110 Å². The minimum absolute atomic E-state index is 0.748. The van der Waals surface area contributed by atoms with Crippen LogP contribution < -0.4 is 10.2 Å². The van der Waals surface area contributed by atoms with Crippen LogP contribution in [-0.2, 0) is 6.54 Å². The molecule has 0 bridgehead atoms. The average Bonchev–Trinajstić information content (AvgIpc) is 2.71. The van der Waals surface area contributed by atoms with Gasteiger partial charge in [-0.3, -0.25) is 4.98 Å². The van der Waals surface area contributed by atoms with Crippen molar-refractivity contribution in [2.24, 2.45) is 11.8 Å². The molecular formula is C14H24N4. The minimum Gasteiger partial charge on any atom is -0.355 e. The van der Waals surface area contributed by atoms with E-state index in [0.717, 1.165) is 55.9 Å². The van der Waals surface area contributed by atoms with Crippen LogP contribution in [0.2, 0.25) is 0 Å². The maximum absolute atomic E-state index is 4.53. The Bertz CT molecular complexity index is 353. The molecule has 1 aliphatic heterocycles. The fraction of sp³-hybridized carbons (Fsp3) is 0.714. The summed E-state index contributed by atoms with van der Waals surface area (Å²) in [6, 6.07) is 0. The van der Waals surface area contributed by atoms with Crippen molar-refractivity contribution in [3.05, 3.63) is 18.1 Å². The van der Waals surface area contributed by atoms with E-state index in [1.54, 1.807) is 0 Å². The molecule has 0 saturated carbocycles. The first kappa shape index (κ1) is 13.3. The number of nitrogens with one attached hydrogen (secondary N) is 1. The lowest BCUT2D eigenvalue weighted by molar-refractivity contribution is 0.494. The normalized spacial score (nSPS) is 23.6. The highest BCUT2D eigenvalue weighted by Crippen LogP contribution is 2.25. The lowest BCUT2D eigenvalue weighted by Gasteiger charge is -2.16. The van der Waals surface area contributed by atoms with E-state index < -0.39 is 0 Å². The summed E-state index contributed by atoms with van der Waals surface area (Å²) in [6.07, 6.45) is 4.95. The molecule has 0 spiro atoms. The zero-order valence-electron chi connectivity index (χ0n) is 11.7. The standard InChI is InChI=1S/C14H24N4/c1-4-5-15-6-13-7-17-14(8-16-13)18-9-11(2)12(3)10-18/h7-8,11-12,15H,4-6,9-10H2,1-3H3. The van der Waals surface area contributed by atoms with Crippen LogP contribution in [0.1, 0.15) is 32.9 Å². The van der Waals surface area contributed by atoms with Crippen LogP contribution in [0.25, 0.3) is 0 Å². The Morgan fingerprint density at radius 3 is 2.50 bits per heavy atom. The first-order valence-corrected chi connectivity index (χ1v) is 6.97. The van der Waals surface area contributed by atoms with Crippen LogP contribution in [0.15, 0.2) is 12.4 Å². The molecule has 0 aromatic carbocycles. The molecule has 1 saturated heterocycles. The zero-order chi connectivity index (χ0) is 13.0. The van der Waals surface area contributed by atoms with E-state index in [-0.39, 0.29) is 0 Å². The van der Waals surface area contributed by atoms with Crippen LogP contribution in [0.4, 0.5) is 5.82 Å². The van der Waals surface area contributed by atoms with Gasteiger partial charge >= 0.3 is 0 Å². The van der Waals surface area contributed by atoms with Gasteiger partial charge in [-0.05, 0) is 24.8 Å². The third-order valence-electron chi connectivity index (χ3n) is 3.74. The Kier molecular flexibility index (Phi) is 4.53. The molecule has 1 N–H and O–H groups in total. The number of rotatable bonds is 5. The molecule has 1 fully saturated rings. The van der Waals surface area contributed by atoms with Gasteiger partial charge in [-0.2, -0.15) is 0 Å². The minimum atomic E-state index is 0.748. The van der Waals surface area contributed by atoms with Crippen molar-refractivity contribution in [1.29, 1.82) is 0 Å². The van der Waals surface area contributed by atoms with Gasteiger partial charge in [-0.1, -0.05) is 20.8 Å². The lowest BCUT2D eigenvalue weighted by atomic mass is 10.0. The van der Waals surface area contributed by atoms with Crippen LogP contribution >= 0.6 is 0 Å². The molecule has 2 heterocycles. The predicted molar refractivity (Wildman–Crippen MR) is 74.6 cm³/mol. The molecule has 2 atom stereocenters. The van der Waals surface area contributed by atoms with E-state index in [2.05, 4.69) is 41.0 Å². The largest absolute Gasteiger partial charge is 0.355 e. The maximum atomic E-state index is 4.53. The van der Waals surface area contributed by atoms with Gasteiger partial charge in [0.25, 0.3) is 0 Å². The molecule has 2 rings (SSSR count). The monoisotopic (exact) mass is 248 g/mol. The van der Waals surface area contributed by atoms with Crippen molar-refractivity contribution in [3.63, 3.8) is 0 Å². The van der Waals surface area contributed by atoms with Crippen molar-refractivity contribution in [1.82, 2.24) is 15.3 Å².